The van der Waals surface area contributed by atoms with Crippen molar-refractivity contribution in [3.05, 3.63) is 52.8 Å². The lowest BCUT2D eigenvalue weighted by molar-refractivity contribution is 0.745. The molecule has 0 aliphatic rings. The highest BCUT2D eigenvalue weighted by Gasteiger charge is 2.14. The van der Waals surface area contributed by atoms with Crippen LogP contribution in [0.15, 0.2) is 42.5 Å². The average molecular weight is 396 g/mol. The van der Waals surface area contributed by atoms with Crippen LogP contribution in [0.3, 0.4) is 0 Å². The Hall–Kier alpha value is -2.60. The summed E-state index contributed by atoms with van der Waals surface area (Å²) >= 11 is 5.52. The van der Waals surface area contributed by atoms with Gasteiger partial charge in [-0.2, -0.15) is 5.10 Å². The normalized spacial score (nSPS) is 11.0. The summed E-state index contributed by atoms with van der Waals surface area (Å²) in [5.74, 6) is 0.740. The van der Waals surface area contributed by atoms with Crippen LogP contribution in [0.5, 0.6) is 0 Å². The lowest BCUT2D eigenvalue weighted by atomic mass is 10.1. The van der Waals surface area contributed by atoms with E-state index < -0.39 is 0 Å². The molecule has 28 heavy (non-hydrogen) atoms. The van der Waals surface area contributed by atoms with Gasteiger partial charge < -0.3 is 10.6 Å². The molecule has 5 nitrogen and oxygen atoms in total. The molecule has 148 valence electrons. The fourth-order valence-corrected chi connectivity index (χ4v) is 3.69. The van der Waals surface area contributed by atoms with E-state index in [0.29, 0.717) is 10.5 Å². The molecule has 3 aromatic rings. The molecule has 0 saturated carbocycles. The molecule has 0 radical (unpaired) electrons. The monoisotopic (exact) mass is 395 g/mol. The van der Waals surface area contributed by atoms with Crippen LogP contribution in [0, 0.1) is 4.77 Å². The van der Waals surface area contributed by atoms with Crippen molar-refractivity contribution in [1.29, 1.82) is 0 Å². The van der Waals surface area contributed by atoms with Gasteiger partial charge in [-0.3, -0.25) is 9.67 Å². The maximum Gasteiger partial charge on any atom is 0.200 e. The number of nitrogens with zero attached hydrogens (tertiary/aromatic N) is 3. The molecule has 0 fully saturated rings. The van der Waals surface area contributed by atoms with E-state index in [-0.39, 0.29) is 0 Å². The van der Waals surface area contributed by atoms with Gasteiger partial charge in [0.25, 0.3) is 0 Å². The Morgan fingerprint density at radius 3 is 2.32 bits per heavy atom. The van der Waals surface area contributed by atoms with Crippen LogP contribution in [0.2, 0.25) is 0 Å². The van der Waals surface area contributed by atoms with Crippen LogP contribution < -0.4 is 10.6 Å². The van der Waals surface area contributed by atoms with Crippen molar-refractivity contribution in [2.45, 2.75) is 40.0 Å². The van der Waals surface area contributed by atoms with Gasteiger partial charge in [0, 0.05) is 30.0 Å². The Morgan fingerprint density at radius 1 is 1.04 bits per heavy atom. The number of nitrogen functional groups attached to an aromatic ring is 1. The van der Waals surface area contributed by atoms with Gasteiger partial charge in [0.2, 0.25) is 0 Å². The fourth-order valence-electron chi connectivity index (χ4n) is 3.46. The Balaban J connectivity index is 2.02. The predicted molar refractivity (Wildman–Crippen MR) is 121 cm³/mol. The van der Waals surface area contributed by atoms with E-state index in [1.54, 1.807) is 0 Å². The minimum atomic E-state index is 0.558. The maximum absolute atomic E-state index is 6.25. The quantitative estimate of drug-likeness (QED) is 0.398. The Morgan fingerprint density at radius 2 is 1.71 bits per heavy atom. The summed E-state index contributed by atoms with van der Waals surface area (Å²) in [5, 5.41) is 7.40. The number of aryl methyl sites for hydroxylation is 1. The molecule has 0 bridgehead atoms. The van der Waals surface area contributed by atoms with Crippen molar-refractivity contribution in [3.63, 3.8) is 0 Å². The molecule has 6 heteroatoms. The van der Waals surface area contributed by atoms with Crippen molar-refractivity contribution >= 4 is 23.6 Å². The zero-order chi connectivity index (χ0) is 20.1. The second kappa shape index (κ2) is 9.06. The van der Waals surface area contributed by atoms with Gasteiger partial charge in [-0.1, -0.05) is 26.8 Å². The van der Waals surface area contributed by atoms with Crippen molar-refractivity contribution in [2.24, 2.45) is 0 Å². The zero-order valence-electron chi connectivity index (χ0n) is 16.9. The Bertz CT molecular complexity index is 965. The molecule has 1 aromatic heterocycles. The summed E-state index contributed by atoms with van der Waals surface area (Å²) in [6.07, 6.45) is 3.20. The van der Waals surface area contributed by atoms with E-state index in [9.17, 15) is 0 Å². The van der Waals surface area contributed by atoms with Gasteiger partial charge in [-0.15, -0.1) is 0 Å². The lowest BCUT2D eigenvalue weighted by Gasteiger charge is -2.24. The third-order valence-corrected chi connectivity index (χ3v) is 5.17. The highest BCUT2D eigenvalue weighted by Crippen LogP contribution is 2.29. The first-order chi connectivity index (χ1) is 13.6. The van der Waals surface area contributed by atoms with E-state index in [4.69, 9.17) is 18.0 Å². The van der Waals surface area contributed by atoms with E-state index in [1.165, 1.54) is 11.3 Å². The van der Waals surface area contributed by atoms with E-state index >= 15 is 0 Å². The van der Waals surface area contributed by atoms with Crippen molar-refractivity contribution < 1.29 is 0 Å². The smallest absolute Gasteiger partial charge is 0.200 e. The molecule has 2 aromatic carbocycles. The molecular weight excluding hydrogens is 366 g/mol. The van der Waals surface area contributed by atoms with E-state index in [0.717, 1.165) is 49.4 Å². The van der Waals surface area contributed by atoms with Crippen molar-refractivity contribution in [2.75, 3.05) is 23.7 Å². The molecule has 0 aliphatic carbocycles. The van der Waals surface area contributed by atoms with Crippen molar-refractivity contribution in [3.8, 4) is 17.1 Å². The number of aromatic amines is 1. The Labute approximate surface area is 172 Å². The minimum Gasteiger partial charge on any atom is -0.398 e. The maximum atomic E-state index is 6.25. The summed E-state index contributed by atoms with van der Waals surface area (Å²) in [6, 6.07) is 14.6. The molecule has 0 amide bonds. The number of hydrogen-bond donors (Lipinski definition) is 2. The lowest BCUT2D eigenvalue weighted by Crippen LogP contribution is -2.24. The number of benzene rings is 2. The second-order valence-electron chi connectivity index (χ2n) is 6.97. The van der Waals surface area contributed by atoms with Crippen molar-refractivity contribution in [1.82, 2.24) is 14.8 Å². The number of nitrogens with one attached hydrogen (secondary N) is 1. The SMILES string of the molecule is CCCN(CCC)c1ccc(-n2c(-c3cc(CC)ccc3N)n[nH]c2=S)cc1. The predicted octanol–water partition coefficient (Wildman–Crippen LogP) is 5.37. The Kier molecular flexibility index (Phi) is 6.52. The second-order valence-corrected chi connectivity index (χ2v) is 7.35. The number of aromatic nitrogens is 3. The molecular formula is C22H29N5S. The first-order valence-corrected chi connectivity index (χ1v) is 10.4. The third kappa shape index (κ3) is 4.12. The number of hydrogen-bond acceptors (Lipinski definition) is 4. The largest absolute Gasteiger partial charge is 0.398 e. The van der Waals surface area contributed by atoms with Crippen LogP contribution in [0.1, 0.15) is 39.2 Å². The summed E-state index contributed by atoms with van der Waals surface area (Å²) < 4.78 is 2.51. The van der Waals surface area contributed by atoms with Crippen LogP contribution in [-0.2, 0) is 6.42 Å². The number of anilines is 2. The van der Waals surface area contributed by atoms with Gasteiger partial charge in [0.05, 0.1) is 5.69 Å². The van der Waals surface area contributed by atoms with Crippen LogP contribution in [0.25, 0.3) is 17.1 Å². The minimum absolute atomic E-state index is 0.558. The van der Waals surface area contributed by atoms with Gasteiger partial charge in [-0.05, 0) is 73.4 Å². The van der Waals surface area contributed by atoms with Gasteiger partial charge in [0.1, 0.15) is 0 Å². The first kappa shape index (κ1) is 20.1. The molecule has 3 rings (SSSR count). The first-order valence-electron chi connectivity index (χ1n) is 10.0. The third-order valence-electron chi connectivity index (χ3n) is 4.90. The van der Waals surface area contributed by atoms with Gasteiger partial charge in [0.15, 0.2) is 10.6 Å². The van der Waals surface area contributed by atoms with Crippen LogP contribution >= 0.6 is 12.2 Å². The molecule has 0 aliphatic heterocycles. The van der Waals surface area contributed by atoms with E-state index in [2.05, 4.69) is 72.3 Å². The fraction of sp³-hybridized carbons (Fsp3) is 0.364. The number of rotatable bonds is 8. The topological polar surface area (TPSA) is 62.9 Å². The highest BCUT2D eigenvalue weighted by molar-refractivity contribution is 7.71. The highest BCUT2D eigenvalue weighted by atomic mass is 32.1. The molecule has 0 spiro atoms. The molecule has 0 saturated heterocycles. The summed E-state index contributed by atoms with van der Waals surface area (Å²) in [5.41, 5.74) is 11.3. The molecule has 3 N–H and O–H groups in total. The van der Waals surface area contributed by atoms with Gasteiger partial charge in [-0.25, -0.2) is 0 Å². The summed E-state index contributed by atoms with van der Waals surface area (Å²) in [6.45, 7) is 8.67. The standard InChI is InChI=1S/C22H29N5S/c1-4-13-26(14-5-2)17-8-10-18(11-9-17)27-21(24-25-22(27)28)19-15-16(6-3)7-12-20(19)23/h7-12,15H,4-6,13-14,23H2,1-3H3,(H,25,28). The van der Waals surface area contributed by atoms with E-state index in [1.807, 2.05) is 10.6 Å². The van der Waals surface area contributed by atoms with Gasteiger partial charge >= 0.3 is 0 Å². The zero-order valence-corrected chi connectivity index (χ0v) is 17.7. The molecule has 0 unspecified atom stereocenters. The molecule has 0 atom stereocenters. The van der Waals surface area contributed by atoms with Crippen LogP contribution in [0.4, 0.5) is 11.4 Å². The average Bonchev–Trinajstić information content (AvgIpc) is 3.09. The summed E-state index contributed by atoms with van der Waals surface area (Å²) in [4.78, 5) is 2.42. The molecule has 1 heterocycles. The number of H-pyrrole nitrogens is 1. The van der Waals surface area contributed by atoms with Crippen LogP contribution in [-0.4, -0.2) is 27.9 Å². The number of nitrogens with two attached hydrogens (primary N) is 1. The summed E-state index contributed by atoms with van der Waals surface area (Å²) in [7, 11) is 0.